The molecule has 1 N–H and O–H groups in total. The molecule has 0 aromatic rings. The van der Waals surface area contributed by atoms with Gasteiger partial charge in [-0.1, -0.05) is 32.9 Å². The van der Waals surface area contributed by atoms with Gasteiger partial charge in [-0.2, -0.15) is 0 Å². The van der Waals surface area contributed by atoms with Gasteiger partial charge in [-0.15, -0.1) is 0 Å². The Labute approximate surface area is 137 Å². The molecular formula is C17H25NO3S. The zero-order chi connectivity index (χ0) is 16.3. The van der Waals surface area contributed by atoms with Crippen molar-refractivity contribution in [3.63, 3.8) is 0 Å². The fourth-order valence-electron chi connectivity index (χ4n) is 4.90. The minimum absolute atomic E-state index is 0.000839. The van der Waals surface area contributed by atoms with Gasteiger partial charge in [0.05, 0.1) is 17.6 Å². The largest absolute Gasteiger partial charge is 0.465 e. The van der Waals surface area contributed by atoms with Crippen LogP contribution in [0, 0.1) is 17.3 Å². The third kappa shape index (κ3) is 1.78. The number of amides is 1. The number of carbonyl (C=O) groups is 1. The lowest BCUT2D eigenvalue weighted by atomic mass is 9.74. The lowest BCUT2D eigenvalue weighted by molar-refractivity contribution is -0.140. The van der Waals surface area contributed by atoms with E-state index < -0.39 is 12.0 Å². The molecule has 2 aliphatic carbocycles. The van der Waals surface area contributed by atoms with Crippen LogP contribution in [-0.4, -0.2) is 38.8 Å². The van der Waals surface area contributed by atoms with Crippen LogP contribution in [0.3, 0.4) is 0 Å². The summed E-state index contributed by atoms with van der Waals surface area (Å²) in [5, 5.41) is 10.4. The summed E-state index contributed by atoms with van der Waals surface area (Å²) in [6, 6.07) is 0. The summed E-state index contributed by atoms with van der Waals surface area (Å²) in [6.45, 7) is 8.05. The van der Waals surface area contributed by atoms with Crippen molar-refractivity contribution < 1.29 is 14.6 Å². The fourth-order valence-corrected chi connectivity index (χ4v) is 5.27. The number of allylic oxidation sites excluding steroid dienone is 1. The summed E-state index contributed by atoms with van der Waals surface area (Å²) >= 11 is 5.38. The van der Waals surface area contributed by atoms with Crippen molar-refractivity contribution in [2.45, 2.75) is 64.7 Å². The van der Waals surface area contributed by atoms with E-state index in [1.165, 1.54) is 0 Å². The molecule has 122 valence electrons. The number of fused-ring (bicyclic) bond motifs is 1. The molecular weight excluding hydrogens is 298 g/mol. The van der Waals surface area contributed by atoms with Gasteiger partial charge in [0.25, 0.3) is 5.17 Å². The molecule has 1 saturated heterocycles. The number of aliphatic hydroxyl groups excluding tert-OH is 1. The van der Waals surface area contributed by atoms with Crippen LogP contribution in [0.25, 0.3) is 0 Å². The van der Waals surface area contributed by atoms with Crippen molar-refractivity contribution in [3.05, 3.63) is 12.2 Å². The van der Waals surface area contributed by atoms with Crippen LogP contribution in [0.2, 0.25) is 0 Å². The second kappa shape index (κ2) is 5.03. The maximum Gasteiger partial charge on any atom is 0.267 e. The Hall–Kier alpha value is -0.940. The molecule has 1 heterocycles. The first-order valence-electron chi connectivity index (χ1n) is 8.13. The predicted molar refractivity (Wildman–Crippen MR) is 88.2 cm³/mol. The van der Waals surface area contributed by atoms with E-state index in [1.54, 1.807) is 24.0 Å². The van der Waals surface area contributed by atoms with E-state index in [2.05, 4.69) is 13.8 Å². The predicted octanol–water partition coefficient (Wildman–Crippen LogP) is 2.65. The number of carbonyl (C=O) groups excluding carboxylic acids is 1. The highest BCUT2D eigenvalue weighted by atomic mass is 32.1. The molecule has 0 aromatic carbocycles. The molecule has 5 atom stereocenters. The maximum atomic E-state index is 13.0. The second-order valence-electron chi connectivity index (χ2n) is 7.47. The number of nitrogens with zero attached hydrogens (tertiary/aromatic N) is 1. The smallest absolute Gasteiger partial charge is 0.267 e. The van der Waals surface area contributed by atoms with Gasteiger partial charge in [0.1, 0.15) is 6.10 Å². The molecule has 0 unspecified atom stereocenters. The summed E-state index contributed by atoms with van der Waals surface area (Å²) < 4.78 is 5.91. The number of hydrogen-bond acceptors (Lipinski definition) is 4. The van der Waals surface area contributed by atoms with Crippen LogP contribution < -0.4 is 0 Å². The molecule has 2 bridgehead atoms. The third-order valence-corrected chi connectivity index (χ3v) is 6.66. The Morgan fingerprint density at radius 2 is 2.23 bits per heavy atom. The summed E-state index contributed by atoms with van der Waals surface area (Å²) in [5.74, 6) is -0.0679. The quantitative estimate of drug-likeness (QED) is 0.641. The molecule has 2 saturated carbocycles. The number of aliphatic hydroxyl groups is 1. The number of hydrogen-bond donors (Lipinski definition) is 1. The van der Waals surface area contributed by atoms with Crippen LogP contribution in [0.4, 0.5) is 0 Å². The van der Waals surface area contributed by atoms with E-state index >= 15 is 0 Å². The highest BCUT2D eigenvalue weighted by Gasteiger charge is 2.73. The first kappa shape index (κ1) is 15.9. The van der Waals surface area contributed by atoms with Crippen LogP contribution in [-0.2, 0) is 9.53 Å². The summed E-state index contributed by atoms with van der Waals surface area (Å²) in [6.07, 6.45) is 5.66. The zero-order valence-corrected chi connectivity index (χ0v) is 14.5. The summed E-state index contributed by atoms with van der Waals surface area (Å²) in [5.41, 5.74) is -0.325. The minimum atomic E-state index is -0.794. The Morgan fingerprint density at radius 3 is 2.82 bits per heavy atom. The highest BCUT2D eigenvalue weighted by molar-refractivity contribution is 7.80. The van der Waals surface area contributed by atoms with E-state index in [4.69, 9.17) is 17.0 Å². The fraction of sp³-hybridized carbons (Fsp3) is 0.765. The topological polar surface area (TPSA) is 49.8 Å². The van der Waals surface area contributed by atoms with Crippen molar-refractivity contribution in [2.75, 3.05) is 0 Å². The summed E-state index contributed by atoms with van der Waals surface area (Å²) in [7, 11) is 0. The molecule has 3 aliphatic rings. The van der Waals surface area contributed by atoms with Crippen molar-refractivity contribution in [2.24, 2.45) is 17.3 Å². The molecule has 22 heavy (non-hydrogen) atoms. The number of ether oxygens (including phenoxy) is 1. The molecule has 1 amide bonds. The van der Waals surface area contributed by atoms with E-state index in [0.717, 1.165) is 19.3 Å². The third-order valence-electron chi connectivity index (χ3n) is 6.38. The van der Waals surface area contributed by atoms with Crippen LogP contribution >= 0.6 is 12.2 Å². The van der Waals surface area contributed by atoms with E-state index in [0.29, 0.717) is 11.1 Å². The van der Waals surface area contributed by atoms with Gasteiger partial charge in [-0.3, -0.25) is 9.69 Å². The standard InChI is InChI=1S/C17H25NO3S/c1-5-6-12(19)10(2)14(20)18-15(22)21-13-9-11-7-8-17(13,18)16(11,3)4/h5-6,10-13,19H,7-9H2,1-4H3/b6-5+/t10-,11-,12+,13-,17-/m1/s1. The monoisotopic (exact) mass is 323 g/mol. The Bertz CT molecular complexity index is 544. The lowest BCUT2D eigenvalue weighted by Gasteiger charge is -2.43. The molecule has 4 nitrogen and oxygen atoms in total. The Balaban J connectivity index is 1.96. The average Bonchev–Trinajstić information content (AvgIpc) is 2.97. The highest BCUT2D eigenvalue weighted by Crippen LogP contribution is 2.66. The Morgan fingerprint density at radius 1 is 1.55 bits per heavy atom. The molecule has 1 aliphatic heterocycles. The number of rotatable bonds is 3. The molecule has 5 heteroatoms. The van der Waals surface area contributed by atoms with Gasteiger partial charge in [0.2, 0.25) is 5.91 Å². The molecule has 0 aromatic heterocycles. The zero-order valence-electron chi connectivity index (χ0n) is 13.7. The van der Waals surface area contributed by atoms with Crippen LogP contribution in [0.1, 0.15) is 47.0 Å². The van der Waals surface area contributed by atoms with E-state index in [-0.39, 0.29) is 23.0 Å². The first-order valence-corrected chi connectivity index (χ1v) is 8.53. The van der Waals surface area contributed by atoms with Crippen molar-refractivity contribution in [1.82, 2.24) is 4.90 Å². The maximum absolute atomic E-state index is 13.0. The van der Waals surface area contributed by atoms with E-state index in [9.17, 15) is 9.90 Å². The molecule has 3 rings (SSSR count). The lowest BCUT2D eigenvalue weighted by Crippen LogP contribution is -2.59. The van der Waals surface area contributed by atoms with Gasteiger partial charge in [0, 0.05) is 0 Å². The Kier molecular flexibility index (Phi) is 3.64. The van der Waals surface area contributed by atoms with Crippen LogP contribution in [0.15, 0.2) is 12.2 Å². The molecule has 0 radical (unpaired) electrons. The van der Waals surface area contributed by atoms with Gasteiger partial charge < -0.3 is 9.84 Å². The summed E-state index contributed by atoms with van der Waals surface area (Å²) in [4.78, 5) is 14.8. The van der Waals surface area contributed by atoms with Crippen molar-refractivity contribution in [1.29, 1.82) is 0 Å². The SMILES string of the molecule is C/C=C/[C@H](O)[C@@H](C)C(=O)N1C(=S)O[C@@H]2C[C@H]3CC[C@]21C3(C)C. The first-order chi connectivity index (χ1) is 10.3. The van der Waals surface area contributed by atoms with Gasteiger partial charge in [0.15, 0.2) is 0 Å². The van der Waals surface area contributed by atoms with Gasteiger partial charge in [-0.05, 0) is 49.7 Å². The molecule has 1 spiro atoms. The van der Waals surface area contributed by atoms with Gasteiger partial charge in [-0.25, -0.2) is 0 Å². The minimum Gasteiger partial charge on any atom is -0.465 e. The van der Waals surface area contributed by atoms with Crippen LogP contribution in [0.5, 0.6) is 0 Å². The number of thiocarbonyl (C=S) groups is 1. The van der Waals surface area contributed by atoms with E-state index in [1.807, 2.05) is 6.92 Å². The van der Waals surface area contributed by atoms with Crippen molar-refractivity contribution >= 4 is 23.3 Å². The normalized spacial score (nSPS) is 38.2. The second-order valence-corrected chi connectivity index (χ2v) is 7.82. The average molecular weight is 323 g/mol. The van der Waals surface area contributed by atoms with Gasteiger partial charge >= 0.3 is 0 Å². The van der Waals surface area contributed by atoms with Crippen molar-refractivity contribution in [3.8, 4) is 0 Å². The molecule has 3 fully saturated rings.